The maximum atomic E-state index is 12.5. The molecular formula is C15H18N2O3S. The Hall–Kier alpha value is -1.76. The first-order valence-electron chi connectivity index (χ1n) is 6.63. The van der Waals surface area contributed by atoms with E-state index in [1.165, 1.54) is 4.31 Å². The number of aromatic nitrogens is 1. The van der Waals surface area contributed by atoms with Gasteiger partial charge in [0.15, 0.2) is 0 Å². The monoisotopic (exact) mass is 306 g/mol. The summed E-state index contributed by atoms with van der Waals surface area (Å²) >= 11 is 0. The van der Waals surface area contributed by atoms with Crippen LogP contribution in [0.2, 0.25) is 0 Å². The average Bonchev–Trinajstić information content (AvgIpc) is 2.48. The van der Waals surface area contributed by atoms with Crippen LogP contribution in [0.25, 0.3) is 0 Å². The number of sulfonamides is 1. The van der Waals surface area contributed by atoms with Crippen molar-refractivity contribution in [1.29, 1.82) is 0 Å². The van der Waals surface area contributed by atoms with E-state index in [1.54, 1.807) is 30.6 Å². The lowest BCUT2D eigenvalue weighted by Crippen LogP contribution is -2.34. The third-order valence-electron chi connectivity index (χ3n) is 3.02. The number of aliphatic hydroxyl groups is 1. The Morgan fingerprint density at radius 1 is 1.05 bits per heavy atom. The predicted octanol–water partition coefficient (Wildman–Crippen LogP) is 1.41. The number of nitrogens with zero attached hydrogens (tertiary/aromatic N) is 2. The molecule has 0 spiro atoms. The van der Waals surface area contributed by atoms with Crippen molar-refractivity contribution in [2.75, 3.05) is 13.2 Å². The highest BCUT2D eigenvalue weighted by molar-refractivity contribution is 7.88. The minimum absolute atomic E-state index is 0.0735. The van der Waals surface area contributed by atoms with Gasteiger partial charge >= 0.3 is 0 Å². The van der Waals surface area contributed by atoms with Crippen LogP contribution in [0.1, 0.15) is 11.1 Å². The van der Waals surface area contributed by atoms with Crippen molar-refractivity contribution in [3.8, 4) is 0 Å². The van der Waals surface area contributed by atoms with Crippen LogP contribution < -0.4 is 0 Å². The largest absolute Gasteiger partial charge is 0.395 e. The summed E-state index contributed by atoms with van der Waals surface area (Å²) in [6.07, 6.45) is 3.26. The van der Waals surface area contributed by atoms with Crippen LogP contribution in [0, 0.1) is 0 Å². The molecule has 0 atom stereocenters. The van der Waals surface area contributed by atoms with Gasteiger partial charge in [0, 0.05) is 25.5 Å². The molecule has 0 bridgehead atoms. The smallest absolute Gasteiger partial charge is 0.218 e. The van der Waals surface area contributed by atoms with Gasteiger partial charge in [0.1, 0.15) is 0 Å². The summed E-state index contributed by atoms with van der Waals surface area (Å²) in [5.74, 6) is -0.0753. The van der Waals surface area contributed by atoms with Gasteiger partial charge in [-0.05, 0) is 17.2 Å². The Balaban J connectivity index is 2.16. The first kappa shape index (κ1) is 15.6. The minimum atomic E-state index is -3.49. The Morgan fingerprint density at radius 3 is 2.38 bits per heavy atom. The lowest BCUT2D eigenvalue weighted by molar-refractivity contribution is 0.251. The van der Waals surface area contributed by atoms with Crippen molar-refractivity contribution in [3.63, 3.8) is 0 Å². The molecular weight excluding hydrogens is 288 g/mol. The summed E-state index contributed by atoms with van der Waals surface area (Å²) in [5, 5.41) is 9.12. The quantitative estimate of drug-likeness (QED) is 0.839. The first-order chi connectivity index (χ1) is 10.1. The molecule has 5 nitrogen and oxygen atoms in total. The van der Waals surface area contributed by atoms with Crippen molar-refractivity contribution in [2.24, 2.45) is 0 Å². The van der Waals surface area contributed by atoms with Crippen LogP contribution in [0.5, 0.6) is 0 Å². The van der Waals surface area contributed by atoms with Gasteiger partial charge < -0.3 is 5.11 Å². The molecule has 0 fully saturated rings. The van der Waals surface area contributed by atoms with Gasteiger partial charge in [-0.2, -0.15) is 4.31 Å². The van der Waals surface area contributed by atoms with Gasteiger partial charge in [-0.1, -0.05) is 36.4 Å². The lowest BCUT2D eigenvalue weighted by Gasteiger charge is -2.21. The molecule has 1 N–H and O–H groups in total. The number of aliphatic hydroxyl groups excluding tert-OH is 1. The van der Waals surface area contributed by atoms with Crippen molar-refractivity contribution >= 4 is 10.0 Å². The van der Waals surface area contributed by atoms with Crippen LogP contribution in [0.3, 0.4) is 0 Å². The SMILES string of the molecule is O=S(=O)(Cc1ccccc1)N(CCO)Cc1cccnc1. The molecule has 0 aliphatic rings. The van der Waals surface area contributed by atoms with Crippen molar-refractivity contribution < 1.29 is 13.5 Å². The Labute approximate surface area is 124 Å². The van der Waals surface area contributed by atoms with Crippen LogP contribution >= 0.6 is 0 Å². The van der Waals surface area contributed by atoms with Gasteiger partial charge in [-0.25, -0.2) is 8.42 Å². The highest BCUT2D eigenvalue weighted by Gasteiger charge is 2.22. The second-order valence-corrected chi connectivity index (χ2v) is 6.63. The van der Waals surface area contributed by atoms with Gasteiger partial charge in [-0.3, -0.25) is 4.98 Å². The normalized spacial score (nSPS) is 11.7. The van der Waals surface area contributed by atoms with Gasteiger partial charge in [0.2, 0.25) is 10.0 Å². The summed E-state index contributed by atoms with van der Waals surface area (Å²) in [4.78, 5) is 3.98. The van der Waals surface area contributed by atoms with Gasteiger partial charge in [-0.15, -0.1) is 0 Å². The fraction of sp³-hybridized carbons (Fsp3) is 0.267. The zero-order valence-corrected chi connectivity index (χ0v) is 12.4. The Bertz CT molecular complexity index is 645. The predicted molar refractivity (Wildman–Crippen MR) is 80.8 cm³/mol. The van der Waals surface area contributed by atoms with E-state index in [9.17, 15) is 8.42 Å². The molecule has 0 aliphatic heterocycles. The standard InChI is InChI=1S/C15H18N2O3S/c18-10-9-17(12-15-7-4-8-16-11-15)21(19,20)13-14-5-2-1-3-6-14/h1-8,11,18H,9-10,12-13H2. The number of hydrogen-bond donors (Lipinski definition) is 1. The van der Waals surface area contributed by atoms with Crippen LogP contribution in [0.15, 0.2) is 54.9 Å². The third kappa shape index (κ3) is 4.63. The maximum Gasteiger partial charge on any atom is 0.218 e. The molecule has 112 valence electrons. The minimum Gasteiger partial charge on any atom is -0.395 e. The van der Waals surface area contributed by atoms with Crippen molar-refractivity contribution in [1.82, 2.24) is 9.29 Å². The van der Waals surface area contributed by atoms with E-state index in [4.69, 9.17) is 5.11 Å². The number of rotatable bonds is 7. The summed E-state index contributed by atoms with van der Waals surface area (Å²) < 4.78 is 26.3. The van der Waals surface area contributed by atoms with Crippen molar-refractivity contribution in [3.05, 3.63) is 66.0 Å². The fourth-order valence-corrected chi connectivity index (χ4v) is 3.50. The Morgan fingerprint density at radius 2 is 1.76 bits per heavy atom. The molecule has 0 saturated carbocycles. The second kappa shape index (κ2) is 7.31. The van der Waals surface area contributed by atoms with E-state index < -0.39 is 10.0 Å². The van der Waals surface area contributed by atoms with E-state index in [0.29, 0.717) is 0 Å². The molecule has 1 aromatic carbocycles. The molecule has 1 heterocycles. The van der Waals surface area contributed by atoms with E-state index in [0.717, 1.165) is 11.1 Å². The van der Waals surface area contributed by atoms with E-state index >= 15 is 0 Å². The molecule has 0 radical (unpaired) electrons. The molecule has 0 amide bonds. The fourth-order valence-electron chi connectivity index (χ4n) is 2.00. The highest BCUT2D eigenvalue weighted by atomic mass is 32.2. The van der Waals surface area contributed by atoms with Gasteiger partial charge in [0.05, 0.1) is 12.4 Å². The van der Waals surface area contributed by atoms with Crippen molar-refractivity contribution in [2.45, 2.75) is 12.3 Å². The molecule has 0 unspecified atom stereocenters. The molecule has 0 aliphatic carbocycles. The topological polar surface area (TPSA) is 70.5 Å². The molecule has 0 saturated heterocycles. The van der Waals surface area contributed by atoms with E-state index in [2.05, 4.69) is 4.98 Å². The first-order valence-corrected chi connectivity index (χ1v) is 8.24. The third-order valence-corrected chi connectivity index (χ3v) is 4.81. The molecule has 6 heteroatoms. The molecule has 21 heavy (non-hydrogen) atoms. The maximum absolute atomic E-state index is 12.5. The van der Waals surface area contributed by atoms with Crippen LogP contribution in [-0.2, 0) is 22.3 Å². The second-order valence-electron chi connectivity index (χ2n) is 4.66. The summed E-state index contributed by atoms with van der Waals surface area (Å²) in [7, 11) is -3.49. The molecule has 2 aromatic rings. The summed E-state index contributed by atoms with van der Waals surface area (Å²) in [6, 6.07) is 12.6. The zero-order chi connectivity index (χ0) is 15.1. The molecule has 2 rings (SSSR count). The van der Waals surface area contributed by atoms with Crippen LogP contribution in [-0.4, -0.2) is 36.0 Å². The van der Waals surface area contributed by atoms with E-state index in [-0.39, 0.29) is 25.4 Å². The summed E-state index contributed by atoms with van der Waals surface area (Å²) in [5.41, 5.74) is 1.52. The number of hydrogen-bond acceptors (Lipinski definition) is 4. The summed E-state index contributed by atoms with van der Waals surface area (Å²) in [6.45, 7) is 0.0713. The zero-order valence-electron chi connectivity index (χ0n) is 11.6. The van der Waals surface area contributed by atoms with E-state index in [1.807, 2.05) is 24.3 Å². The molecule has 1 aromatic heterocycles. The lowest BCUT2D eigenvalue weighted by atomic mass is 10.2. The Kier molecular flexibility index (Phi) is 5.44. The van der Waals surface area contributed by atoms with Crippen LogP contribution in [0.4, 0.5) is 0 Å². The van der Waals surface area contributed by atoms with Gasteiger partial charge in [0.25, 0.3) is 0 Å². The number of benzene rings is 1. The highest BCUT2D eigenvalue weighted by Crippen LogP contribution is 2.13. The number of pyridine rings is 1. The average molecular weight is 306 g/mol.